The van der Waals surface area contributed by atoms with E-state index in [9.17, 15) is 21.6 Å². The van der Waals surface area contributed by atoms with Gasteiger partial charge in [0.05, 0.1) is 15.5 Å². The third-order valence-corrected chi connectivity index (χ3v) is 9.65. The first-order chi connectivity index (χ1) is 17.1. The molecule has 190 valence electrons. The number of rotatable bonds is 8. The molecule has 4 rings (SSSR count). The van der Waals surface area contributed by atoms with E-state index in [1.807, 2.05) is 19.9 Å². The van der Waals surface area contributed by atoms with E-state index in [0.717, 1.165) is 28.3 Å². The Balaban J connectivity index is 1.57. The SMILES string of the molecule is Cc1cc(C)cc(N(CC(=O)Nc2ccc(S(=O)(=O)N3CCCC3)cc2)S(=O)(=O)c2ccccc2)c1. The van der Waals surface area contributed by atoms with Crippen LogP contribution in [0.5, 0.6) is 0 Å². The molecule has 1 heterocycles. The van der Waals surface area contributed by atoms with Gasteiger partial charge in [-0.3, -0.25) is 9.10 Å². The molecule has 1 saturated heterocycles. The van der Waals surface area contributed by atoms with Crippen LogP contribution in [0.15, 0.2) is 82.6 Å². The Morgan fingerprint density at radius 3 is 2.00 bits per heavy atom. The molecule has 3 aromatic rings. The minimum absolute atomic E-state index is 0.0773. The molecule has 0 bridgehead atoms. The number of hydrogen-bond acceptors (Lipinski definition) is 5. The molecular weight excluding hydrogens is 498 g/mol. The summed E-state index contributed by atoms with van der Waals surface area (Å²) < 4.78 is 55.0. The monoisotopic (exact) mass is 527 g/mol. The third-order valence-electron chi connectivity index (χ3n) is 5.95. The van der Waals surface area contributed by atoms with Crippen molar-refractivity contribution in [1.82, 2.24) is 4.31 Å². The zero-order valence-electron chi connectivity index (χ0n) is 20.2. The second kappa shape index (κ2) is 10.4. The lowest BCUT2D eigenvalue weighted by atomic mass is 10.1. The van der Waals surface area contributed by atoms with Crippen molar-refractivity contribution in [3.63, 3.8) is 0 Å². The van der Waals surface area contributed by atoms with Crippen molar-refractivity contribution in [3.05, 3.63) is 83.9 Å². The smallest absolute Gasteiger partial charge is 0.264 e. The molecule has 1 amide bonds. The zero-order chi connectivity index (χ0) is 25.9. The van der Waals surface area contributed by atoms with Crippen LogP contribution < -0.4 is 9.62 Å². The molecule has 0 spiro atoms. The van der Waals surface area contributed by atoms with Gasteiger partial charge in [0.1, 0.15) is 6.54 Å². The highest BCUT2D eigenvalue weighted by Gasteiger charge is 2.29. The molecule has 1 fully saturated rings. The van der Waals surface area contributed by atoms with Gasteiger partial charge in [0.15, 0.2) is 0 Å². The summed E-state index contributed by atoms with van der Waals surface area (Å²) in [5.41, 5.74) is 2.50. The van der Waals surface area contributed by atoms with Crippen molar-refractivity contribution in [2.45, 2.75) is 36.5 Å². The number of anilines is 2. The molecule has 10 heteroatoms. The predicted molar refractivity (Wildman–Crippen MR) is 140 cm³/mol. The largest absolute Gasteiger partial charge is 0.325 e. The first kappa shape index (κ1) is 25.9. The lowest BCUT2D eigenvalue weighted by Gasteiger charge is -2.25. The van der Waals surface area contributed by atoms with Crippen molar-refractivity contribution in [2.75, 3.05) is 29.3 Å². The highest BCUT2D eigenvalue weighted by atomic mass is 32.2. The summed E-state index contributed by atoms with van der Waals surface area (Å²) in [6.45, 7) is 4.28. The second-order valence-corrected chi connectivity index (χ2v) is 12.7. The molecule has 0 radical (unpaired) electrons. The van der Waals surface area contributed by atoms with Crippen LogP contribution in [-0.2, 0) is 24.8 Å². The number of nitrogens with zero attached hydrogens (tertiary/aromatic N) is 2. The average molecular weight is 528 g/mol. The minimum atomic E-state index is -4.02. The summed E-state index contributed by atoms with van der Waals surface area (Å²) in [6, 6.07) is 19.2. The number of aryl methyl sites for hydroxylation is 2. The van der Waals surface area contributed by atoms with Gasteiger partial charge >= 0.3 is 0 Å². The predicted octanol–water partition coefficient (Wildman–Crippen LogP) is 3.92. The lowest BCUT2D eigenvalue weighted by Crippen LogP contribution is -2.38. The van der Waals surface area contributed by atoms with Crippen molar-refractivity contribution in [3.8, 4) is 0 Å². The summed E-state index contributed by atoms with van der Waals surface area (Å²) in [5.74, 6) is -0.552. The summed E-state index contributed by atoms with van der Waals surface area (Å²) in [6.07, 6.45) is 1.69. The summed E-state index contributed by atoms with van der Waals surface area (Å²) in [7, 11) is -7.59. The molecule has 0 aromatic heterocycles. The molecule has 0 aliphatic carbocycles. The van der Waals surface area contributed by atoms with Crippen molar-refractivity contribution in [1.29, 1.82) is 0 Å². The number of hydrogen-bond donors (Lipinski definition) is 1. The summed E-state index contributed by atoms with van der Waals surface area (Å²) >= 11 is 0. The summed E-state index contributed by atoms with van der Waals surface area (Å²) in [4.78, 5) is 13.2. The number of amides is 1. The van der Waals surface area contributed by atoms with Crippen LogP contribution in [0.3, 0.4) is 0 Å². The van der Waals surface area contributed by atoms with Gasteiger partial charge in [0, 0.05) is 18.8 Å². The van der Waals surface area contributed by atoms with Gasteiger partial charge in [-0.2, -0.15) is 4.31 Å². The fourth-order valence-corrected chi connectivity index (χ4v) is 7.19. The molecule has 3 aromatic carbocycles. The molecule has 0 saturated carbocycles. The Bertz CT molecular complexity index is 1430. The van der Waals surface area contributed by atoms with Gasteiger partial charge in [-0.25, -0.2) is 16.8 Å². The Kier molecular flexibility index (Phi) is 7.49. The van der Waals surface area contributed by atoms with Gasteiger partial charge in [-0.15, -0.1) is 0 Å². The molecule has 0 unspecified atom stereocenters. The van der Waals surface area contributed by atoms with Crippen LogP contribution in [0, 0.1) is 13.8 Å². The Morgan fingerprint density at radius 2 is 1.42 bits per heavy atom. The van der Waals surface area contributed by atoms with Crippen molar-refractivity contribution >= 4 is 37.3 Å². The maximum Gasteiger partial charge on any atom is 0.264 e. The molecule has 1 aliphatic heterocycles. The zero-order valence-corrected chi connectivity index (χ0v) is 21.8. The van der Waals surface area contributed by atoms with Crippen molar-refractivity contribution < 1.29 is 21.6 Å². The van der Waals surface area contributed by atoms with Gasteiger partial charge in [0.2, 0.25) is 15.9 Å². The maximum absolute atomic E-state index is 13.5. The highest BCUT2D eigenvalue weighted by Crippen LogP contribution is 2.26. The second-order valence-electron chi connectivity index (χ2n) is 8.85. The van der Waals surface area contributed by atoms with E-state index < -0.39 is 32.5 Å². The van der Waals surface area contributed by atoms with E-state index in [1.165, 1.54) is 40.7 Å². The van der Waals surface area contributed by atoms with Gasteiger partial charge < -0.3 is 5.32 Å². The van der Waals surface area contributed by atoms with E-state index >= 15 is 0 Å². The number of carbonyl (C=O) groups is 1. The normalized spacial score (nSPS) is 14.5. The highest BCUT2D eigenvalue weighted by molar-refractivity contribution is 7.92. The van der Waals surface area contributed by atoms with Crippen LogP contribution in [0.1, 0.15) is 24.0 Å². The first-order valence-electron chi connectivity index (χ1n) is 11.6. The number of carbonyl (C=O) groups excluding carboxylic acids is 1. The standard InChI is InChI=1S/C26H29N3O5S2/c1-20-16-21(2)18-23(17-20)29(36(33,34)24-8-4-3-5-9-24)19-26(30)27-22-10-12-25(13-11-22)35(31,32)28-14-6-7-15-28/h3-5,8-13,16-18H,6-7,14-15,19H2,1-2H3,(H,27,30). The van der Waals surface area contributed by atoms with E-state index in [-0.39, 0.29) is 9.79 Å². The van der Waals surface area contributed by atoms with Gasteiger partial charge in [-0.05, 0) is 86.3 Å². The maximum atomic E-state index is 13.5. The molecule has 1 N–H and O–H groups in total. The molecule has 8 nitrogen and oxygen atoms in total. The number of benzene rings is 3. The Hall–Kier alpha value is -3.21. The van der Waals surface area contributed by atoms with Crippen molar-refractivity contribution in [2.24, 2.45) is 0 Å². The van der Waals surface area contributed by atoms with Gasteiger partial charge in [0.25, 0.3) is 10.0 Å². The first-order valence-corrected chi connectivity index (χ1v) is 14.5. The quantitative estimate of drug-likeness (QED) is 0.478. The molecular formula is C26H29N3O5S2. The Labute approximate surface area is 212 Å². The lowest BCUT2D eigenvalue weighted by molar-refractivity contribution is -0.114. The van der Waals surface area contributed by atoms with Crippen LogP contribution in [0.25, 0.3) is 0 Å². The average Bonchev–Trinajstić information content (AvgIpc) is 3.39. The molecule has 36 heavy (non-hydrogen) atoms. The number of nitrogens with one attached hydrogen (secondary N) is 1. The topological polar surface area (TPSA) is 104 Å². The molecule has 0 atom stereocenters. The summed E-state index contributed by atoms with van der Waals surface area (Å²) in [5, 5.41) is 2.69. The fourth-order valence-electron chi connectivity index (χ4n) is 4.25. The third kappa shape index (κ3) is 5.61. The van der Waals surface area contributed by atoms with Crippen LogP contribution in [0.2, 0.25) is 0 Å². The minimum Gasteiger partial charge on any atom is -0.325 e. The fraction of sp³-hybridized carbons (Fsp3) is 0.269. The van der Waals surface area contributed by atoms with Crippen LogP contribution >= 0.6 is 0 Å². The number of sulfonamides is 2. The van der Waals surface area contributed by atoms with E-state index in [1.54, 1.807) is 30.3 Å². The van der Waals surface area contributed by atoms with E-state index in [4.69, 9.17) is 0 Å². The van der Waals surface area contributed by atoms with Crippen LogP contribution in [0.4, 0.5) is 11.4 Å². The Morgan fingerprint density at radius 1 is 0.833 bits per heavy atom. The van der Waals surface area contributed by atoms with Gasteiger partial charge in [-0.1, -0.05) is 24.3 Å². The van der Waals surface area contributed by atoms with E-state index in [0.29, 0.717) is 24.5 Å². The molecule has 1 aliphatic rings. The van der Waals surface area contributed by atoms with E-state index in [2.05, 4.69) is 5.32 Å². The van der Waals surface area contributed by atoms with Crippen LogP contribution in [-0.4, -0.2) is 46.7 Å².